The van der Waals surface area contributed by atoms with Gasteiger partial charge in [0.25, 0.3) is 0 Å². The van der Waals surface area contributed by atoms with Gasteiger partial charge in [-0.25, -0.2) is 4.79 Å². The third-order valence-electron chi connectivity index (χ3n) is 4.16. The number of thiol groups is 1. The molecule has 3 amide bonds. The number of benzene rings is 1. The van der Waals surface area contributed by atoms with Crippen molar-refractivity contribution in [2.45, 2.75) is 38.4 Å². The zero-order valence-electron chi connectivity index (χ0n) is 16.4. The zero-order chi connectivity index (χ0) is 22.0. The standard InChI is InChI=1S/C19H28N4O5S/c1-11(2)16(23-15(24)9-20)18(26)22-14(10-29)17(25)21-13(19(27)28)8-12-6-4-3-5-7-12/h3-7,11,13-14,16,29H,8-10,20H2,1-2H3,(H,21,25)(H,22,26)(H,23,24)(H,27,28). The molecule has 0 fully saturated rings. The Morgan fingerprint density at radius 2 is 1.59 bits per heavy atom. The molecule has 10 heteroatoms. The van der Waals surface area contributed by atoms with Gasteiger partial charge >= 0.3 is 5.97 Å². The summed E-state index contributed by atoms with van der Waals surface area (Å²) in [5.74, 6) is -3.25. The molecular formula is C19H28N4O5S. The lowest BCUT2D eigenvalue weighted by molar-refractivity contribution is -0.142. The van der Waals surface area contributed by atoms with E-state index in [1.54, 1.807) is 44.2 Å². The van der Waals surface area contributed by atoms with E-state index < -0.39 is 41.8 Å². The van der Waals surface area contributed by atoms with Crippen LogP contribution in [0.3, 0.4) is 0 Å². The number of amides is 3. The highest BCUT2D eigenvalue weighted by atomic mass is 32.1. The molecule has 0 heterocycles. The van der Waals surface area contributed by atoms with Crippen molar-refractivity contribution in [1.82, 2.24) is 16.0 Å². The molecule has 1 rings (SSSR count). The van der Waals surface area contributed by atoms with Crippen LogP contribution in [0.5, 0.6) is 0 Å². The van der Waals surface area contributed by atoms with Crippen molar-refractivity contribution in [3.63, 3.8) is 0 Å². The van der Waals surface area contributed by atoms with Crippen LogP contribution in [0.2, 0.25) is 0 Å². The fourth-order valence-electron chi connectivity index (χ4n) is 2.55. The number of hydrogen-bond acceptors (Lipinski definition) is 6. The molecule has 1 aromatic carbocycles. The molecule has 3 atom stereocenters. The summed E-state index contributed by atoms with van der Waals surface area (Å²) in [5, 5.41) is 16.9. The third kappa shape index (κ3) is 8.12. The Kier molecular flexibility index (Phi) is 10.2. The summed E-state index contributed by atoms with van der Waals surface area (Å²) < 4.78 is 0. The summed E-state index contributed by atoms with van der Waals surface area (Å²) in [6, 6.07) is 5.74. The molecule has 0 aliphatic carbocycles. The minimum absolute atomic E-state index is 0.0507. The van der Waals surface area contributed by atoms with Gasteiger partial charge in [0.2, 0.25) is 17.7 Å². The molecule has 0 radical (unpaired) electrons. The first-order chi connectivity index (χ1) is 13.7. The second-order valence-corrected chi connectivity index (χ2v) is 7.19. The number of carboxylic acid groups (broad SMARTS) is 1. The molecule has 0 aliphatic rings. The summed E-state index contributed by atoms with van der Waals surface area (Å²) in [5.41, 5.74) is 6.01. The molecule has 0 saturated carbocycles. The molecule has 6 N–H and O–H groups in total. The van der Waals surface area contributed by atoms with Crippen molar-refractivity contribution in [3.05, 3.63) is 35.9 Å². The Morgan fingerprint density at radius 1 is 1.00 bits per heavy atom. The van der Waals surface area contributed by atoms with E-state index in [9.17, 15) is 24.3 Å². The van der Waals surface area contributed by atoms with Crippen molar-refractivity contribution >= 4 is 36.3 Å². The van der Waals surface area contributed by atoms with Gasteiger partial charge in [-0.2, -0.15) is 12.6 Å². The number of rotatable bonds is 11. The van der Waals surface area contributed by atoms with Crippen LogP contribution in [-0.2, 0) is 25.6 Å². The number of carbonyl (C=O) groups is 4. The van der Waals surface area contributed by atoms with Gasteiger partial charge in [-0.1, -0.05) is 44.2 Å². The zero-order valence-corrected chi connectivity index (χ0v) is 17.3. The summed E-state index contributed by atoms with van der Waals surface area (Å²) >= 11 is 4.08. The SMILES string of the molecule is CC(C)C(NC(=O)CN)C(=O)NC(CS)C(=O)NC(Cc1ccccc1)C(=O)O. The Bertz CT molecular complexity index is 714. The second-order valence-electron chi connectivity index (χ2n) is 6.83. The minimum atomic E-state index is -1.19. The van der Waals surface area contributed by atoms with Crippen molar-refractivity contribution in [2.75, 3.05) is 12.3 Å². The lowest BCUT2D eigenvalue weighted by atomic mass is 10.0. The van der Waals surface area contributed by atoms with E-state index >= 15 is 0 Å². The number of nitrogens with two attached hydrogens (primary N) is 1. The first-order valence-electron chi connectivity index (χ1n) is 9.17. The predicted octanol–water partition coefficient (Wildman–Crippen LogP) is -0.687. The Morgan fingerprint density at radius 3 is 2.07 bits per heavy atom. The van der Waals surface area contributed by atoms with Crippen molar-refractivity contribution in [2.24, 2.45) is 11.7 Å². The summed E-state index contributed by atoms with van der Waals surface area (Å²) in [7, 11) is 0. The molecule has 0 aliphatic heterocycles. The van der Waals surface area contributed by atoms with Gasteiger partial charge in [0.05, 0.1) is 6.54 Å². The van der Waals surface area contributed by atoms with Crippen molar-refractivity contribution in [1.29, 1.82) is 0 Å². The maximum atomic E-state index is 12.5. The number of aliphatic carboxylic acids is 1. The number of carbonyl (C=O) groups excluding carboxylic acids is 3. The Hall–Kier alpha value is -2.59. The smallest absolute Gasteiger partial charge is 0.326 e. The van der Waals surface area contributed by atoms with E-state index in [1.807, 2.05) is 0 Å². The van der Waals surface area contributed by atoms with E-state index in [0.29, 0.717) is 0 Å². The average molecular weight is 425 g/mol. The molecule has 0 saturated heterocycles. The summed E-state index contributed by atoms with van der Waals surface area (Å²) in [6.07, 6.45) is 0.0936. The molecule has 0 aromatic heterocycles. The largest absolute Gasteiger partial charge is 0.480 e. The van der Waals surface area contributed by atoms with Gasteiger partial charge in [0, 0.05) is 12.2 Å². The molecule has 3 unspecified atom stereocenters. The second kappa shape index (κ2) is 12.1. The van der Waals surface area contributed by atoms with Crippen LogP contribution in [0.1, 0.15) is 19.4 Å². The summed E-state index contributed by atoms with van der Waals surface area (Å²) in [6.45, 7) is 3.20. The highest BCUT2D eigenvalue weighted by Crippen LogP contribution is 2.06. The lowest BCUT2D eigenvalue weighted by Crippen LogP contribution is -2.58. The quantitative estimate of drug-likeness (QED) is 0.259. The van der Waals surface area contributed by atoms with Gasteiger partial charge in [0.1, 0.15) is 18.1 Å². The maximum absolute atomic E-state index is 12.5. The normalized spacial score (nSPS) is 13.8. The van der Waals surface area contributed by atoms with Gasteiger partial charge in [-0.05, 0) is 11.5 Å². The number of hydrogen-bond donors (Lipinski definition) is 6. The van der Waals surface area contributed by atoms with Crippen LogP contribution < -0.4 is 21.7 Å². The van der Waals surface area contributed by atoms with Gasteiger partial charge in [-0.3, -0.25) is 14.4 Å². The van der Waals surface area contributed by atoms with Crippen LogP contribution in [-0.4, -0.2) is 59.2 Å². The van der Waals surface area contributed by atoms with Crippen LogP contribution in [0, 0.1) is 5.92 Å². The Balaban J connectivity index is 2.81. The highest BCUT2D eigenvalue weighted by Gasteiger charge is 2.30. The van der Waals surface area contributed by atoms with Gasteiger partial charge in [-0.15, -0.1) is 0 Å². The molecule has 0 bridgehead atoms. The predicted molar refractivity (Wildman–Crippen MR) is 111 cm³/mol. The number of carboxylic acids is 1. The van der Waals surface area contributed by atoms with Crippen LogP contribution in [0.15, 0.2) is 30.3 Å². The number of nitrogens with one attached hydrogen (secondary N) is 3. The maximum Gasteiger partial charge on any atom is 0.326 e. The summed E-state index contributed by atoms with van der Waals surface area (Å²) in [4.78, 5) is 48.1. The molecular weight excluding hydrogens is 396 g/mol. The van der Waals surface area contributed by atoms with Crippen LogP contribution >= 0.6 is 12.6 Å². The first-order valence-corrected chi connectivity index (χ1v) is 9.80. The van der Waals surface area contributed by atoms with E-state index in [0.717, 1.165) is 5.56 Å². The molecule has 29 heavy (non-hydrogen) atoms. The van der Waals surface area contributed by atoms with E-state index in [4.69, 9.17) is 5.73 Å². The van der Waals surface area contributed by atoms with E-state index in [2.05, 4.69) is 28.6 Å². The van der Waals surface area contributed by atoms with Crippen molar-refractivity contribution < 1.29 is 24.3 Å². The Labute approximate surface area is 175 Å². The lowest BCUT2D eigenvalue weighted by Gasteiger charge is -2.25. The minimum Gasteiger partial charge on any atom is -0.480 e. The fraction of sp³-hybridized carbons (Fsp3) is 0.474. The first kappa shape index (κ1) is 24.4. The fourth-order valence-corrected chi connectivity index (χ4v) is 2.80. The highest BCUT2D eigenvalue weighted by molar-refractivity contribution is 7.80. The monoisotopic (exact) mass is 424 g/mol. The van der Waals surface area contributed by atoms with Gasteiger partial charge < -0.3 is 26.8 Å². The molecule has 9 nitrogen and oxygen atoms in total. The molecule has 1 aromatic rings. The molecule has 160 valence electrons. The van der Waals surface area contributed by atoms with Crippen LogP contribution in [0.4, 0.5) is 0 Å². The van der Waals surface area contributed by atoms with E-state index in [-0.39, 0.29) is 24.6 Å². The molecule has 0 spiro atoms. The van der Waals surface area contributed by atoms with Crippen molar-refractivity contribution in [3.8, 4) is 0 Å². The topological polar surface area (TPSA) is 151 Å². The van der Waals surface area contributed by atoms with Crippen LogP contribution in [0.25, 0.3) is 0 Å². The third-order valence-corrected chi connectivity index (χ3v) is 4.53. The van der Waals surface area contributed by atoms with Gasteiger partial charge in [0.15, 0.2) is 0 Å². The van der Waals surface area contributed by atoms with E-state index in [1.165, 1.54) is 0 Å². The average Bonchev–Trinajstić information content (AvgIpc) is 2.69.